The van der Waals surface area contributed by atoms with Crippen LogP contribution < -0.4 is 15.4 Å². The second-order valence-electron chi connectivity index (χ2n) is 24.3. The number of carbonyl (C=O) groups is 1. The number of phenolic OH excluding ortho intramolecular Hbond substituents is 3. The predicted octanol–water partition coefficient (Wildman–Crippen LogP) is 9.01. The van der Waals surface area contributed by atoms with Gasteiger partial charge in [-0.05, 0) is 146 Å². The highest BCUT2D eigenvalue weighted by molar-refractivity contribution is 7.90. The molecule has 15 atom stereocenters. The molecule has 0 saturated carbocycles. The number of rotatable bonds is 33. The van der Waals surface area contributed by atoms with Crippen molar-refractivity contribution < 1.29 is 96.5 Å². The Labute approximate surface area is 538 Å². The molecule has 4 aliphatic heterocycles. The number of ether oxygens (including phenoxy) is 8. The number of aliphatic hydroxyl groups is 3. The number of hydrogen-bond acceptors (Lipinski definition) is 25. The van der Waals surface area contributed by atoms with E-state index in [9.17, 15) is 74.2 Å². The second kappa shape index (κ2) is 34.1. The van der Waals surface area contributed by atoms with E-state index in [1.54, 1.807) is 12.1 Å². The SMILES string of the molecule is CCC1CC(CCCC2CC(CC(O)CCCC3CC(CCCC(O)CC4C[C@H](C)OC(c5cc([N+](=O)[O-])ccc5O)O4)OC(c4cc([N+](=O)[O-])ccc4O)O3)OC(CNC(O)CCCNc3ccc(S(=O)(=O)NC(C)=O)cc3)O2)OC(c2cc([N+](=O)[O-])ccc2O)O1. The van der Waals surface area contributed by atoms with Crippen LogP contribution in [0, 0.1) is 30.3 Å². The maximum Gasteiger partial charge on any atom is 0.270 e. The van der Waals surface area contributed by atoms with Crippen LogP contribution in [0.15, 0.2) is 83.8 Å². The van der Waals surface area contributed by atoms with Crippen molar-refractivity contribution in [3.8, 4) is 17.2 Å². The number of phenols is 3. The van der Waals surface area contributed by atoms with E-state index in [4.69, 9.17) is 37.9 Å². The monoisotopic (exact) mass is 1330 g/mol. The Bertz CT molecular complexity index is 3240. The van der Waals surface area contributed by atoms with Crippen molar-refractivity contribution in [1.82, 2.24) is 10.0 Å². The first-order valence-corrected chi connectivity index (χ1v) is 33.2. The third-order valence-corrected chi connectivity index (χ3v) is 18.3. The van der Waals surface area contributed by atoms with Gasteiger partial charge in [-0.15, -0.1) is 0 Å². The predicted molar refractivity (Wildman–Crippen MR) is 332 cm³/mol. The molecule has 14 unspecified atom stereocenters. The molecule has 30 heteroatoms. The molecule has 9 N–H and O–H groups in total. The number of sulfonamides is 1. The Morgan fingerprint density at radius 1 is 0.559 bits per heavy atom. The summed E-state index contributed by atoms with van der Waals surface area (Å²) in [6.07, 6.45) is -1.93. The lowest BCUT2D eigenvalue weighted by atomic mass is 9.94. The second-order valence-corrected chi connectivity index (χ2v) is 26.0. The average molecular weight is 1330 g/mol. The van der Waals surface area contributed by atoms with Crippen LogP contribution in [0.25, 0.3) is 0 Å². The van der Waals surface area contributed by atoms with Gasteiger partial charge in [-0.25, -0.2) is 13.1 Å². The van der Waals surface area contributed by atoms with E-state index in [-0.39, 0.29) is 99.7 Å². The molecule has 4 heterocycles. The smallest absolute Gasteiger partial charge is 0.270 e. The van der Waals surface area contributed by atoms with Crippen molar-refractivity contribution in [1.29, 1.82) is 0 Å². The van der Waals surface area contributed by atoms with Gasteiger partial charge in [0.05, 0.1) is 97.4 Å². The van der Waals surface area contributed by atoms with E-state index < -0.39 is 98.7 Å². The van der Waals surface area contributed by atoms with Crippen molar-refractivity contribution in [3.63, 3.8) is 0 Å². The number of non-ortho nitro benzene ring substituents is 3. The number of aromatic hydroxyl groups is 3. The number of aliphatic hydroxyl groups excluding tert-OH is 3. The molecule has 4 saturated heterocycles. The van der Waals surface area contributed by atoms with Crippen molar-refractivity contribution in [2.75, 3.05) is 18.4 Å². The molecule has 4 fully saturated rings. The summed E-state index contributed by atoms with van der Waals surface area (Å²) in [5, 5.41) is 107. The third kappa shape index (κ3) is 21.6. The molecule has 1 amide bonds. The summed E-state index contributed by atoms with van der Waals surface area (Å²) in [6.45, 7) is 5.41. The van der Waals surface area contributed by atoms with Gasteiger partial charge in [-0.2, -0.15) is 0 Å². The zero-order valence-electron chi connectivity index (χ0n) is 52.2. The van der Waals surface area contributed by atoms with Crippen molar-refractivity contribution >= 4 is 38.7 Å². The maximum absolute atomic E-state index is 12.3. The quantitative estimate of drug-likeness (QED) is 0.00929. The summed E-state index contributed by atoms with van der Waals surface area (Å²) < 4.78 is 76.7. The Hall–Kier alpha value is -6.78. The van der Waals surface area contributed by atoms with Crippen LogP contribution in [0.4, 0.5) is 22.7 Å². The van der Waals surface area contributed by atoms with E-state index in [2.05, 4.69) is 10.6 Å². The first-order chi connectivity index (χ1) is 44.4. The Balaban J connectivity index is 0.857. The Morgan fingerprint density at radius 3 is 1.46 bits per heavy atom. The van der Waals surface area contributed by atoms with E-state index in [0.29, 0.717) is 115 Å². The minimum Gasteiger partial charge on any atom is -0.507 e. The first-order valence-electron chi connectivity index (χ1n) is 31.7. The summed E-state index contributed by atoms with van der Waals surface area (Å²) in [5.74, 6) is -1.39. The summed E-state index contributed by atoms with van der Waals surface area (Å²) in [6, 6.07) is 16.7. The molecule has 0 radical (unpaired) electrons. The highest BCUT2D eigenvalue weighted by Crippen LogP contribution is 2.42. The average Bonchev–Trinajstić information content (AvgIpc) is 1.12. The van der Waals surface area contributed by atoms with Gasteiger partial charge < -0.3 is 73.9 Å². The molecule has 0 aliphatic carbocycles. The van der Waals surface area contributed by atoms with Gasteiger partial charge in [0.25, 0.3) is 27.1 Å². The fourth-order valence-corrected chi connectivity index (χ4v) is 13.1. The summed E-state index contributed by atoms with van der Waals surface area (Å²) in [7, 11) is -3.99. The van der Waals surface area contributed by atoms with Crippen LogP contribution in [-0.2, 0) is 52.7 Å². The van der Waals surface area contributed by atoms with Crippen LogP contribution >= 0.6 is 0 Å². The number of carbonyl (C=O) groups excluding carboxylic acids is 1. The van der Waals surface area contributed by atoms with Gasteiger partial charge in [0.1, 0.15) is 23.5 Å². The Morgan fingerprint density at radius 2 is 0.978 bits per heavy atom. The third-order valence-electron chi connectivity index (χ3n) is 16.9. The van der Waals surface area contributed by atoms with Crippen LogP contribution in [0.3, 0.4) is 0 Å². The molecule has 0 spiro atoms. The molecule has 93 heavy (non-hydrogen) atoms. The van der Waals surface area contributed by atoms with Gasteiger partial charge in [0, 0.05) is 81.4 Å². The number of nitrogens with zero attached hydrogens (tertiary/aromatic N) is 3. The summed E-state index contributed by atoms with van der Waals surface area (Å²) in [5.41, 5.74) is 0.243. The van der Waals surface area contributed by atoms with Gasteiger partial charge in [0.2, 0.25) is 5.91 Å². The molecule has 0 bridgehead atoms. The molecule has 0 aromatic heterocycles. The minimum atomic E-state index is -3.99. The molecule has 8 rings (SSSR count). The van der Waals surface area contributed by atoms with E-state index >= 15 is 0 Å². The first kappa shape index (κ1) is 72.1. The van der Waals surface area contributed by atoms with Crippen LogP contribution in [-0.4, -0.2) is 146 Å². The van der Waals surface area contributed by atoms with E-state index in [1.165, 1.54) is 66.7 Å². The number of hydrogen-bond donors (Lipinski definition) is 9. The number of nitro benzene ring substituents is 3. The highest BCUT2D eigenvalue weighted by atomic mass is 32.2. The zero-order valence-corrected chi connectivity index (χ0v) is 53.0. The molecule has 4 aromatic rings. The summed E-state index contributed by atoms with van der Waals surface area (Å²) in [4.78, 5) is 44.4. The largest absolute Gasteiger partial charge is 0.507 e. The minimum absolute atomic E-state index is 0.0687. The lowest BCUT2D eigenvalue weighted by Crippen LogP contribution is -2.46. The van der Waals surface area contributed by atoms with Gasteiger partial charge in [-0.1, -0.05) is 6.92 Å². The van der Waals surface area contributed by atoms with Crippen LogP contribution in [0.1, 0.15) is 172 Å². The number of anilines is 1. The van der Waals surface area contributed by atoms with Gasteiger partial charge >= 0.3 is 0 Å². The van der Waals surface area contributed by atoms with Gasteiger partial charge in [0.15, 0.2) is 25.2 Å². The highest BCUT2D eigenvalue weighted by Gasteiger charge is 2.38. The molecule has 29 nitrogen and oxygen atoms in total. The van der Waals surface area contributed by atoms with Crippen molar-refractivity contribution in [2.24, 2.45) is 0 Å². The van der Waals surface area contributed by atoms with Crippen molar-refractivity contribution in [2.45, 2.75) is 234 Å². The fraction of sp³-hybridized carbons (Fsp3) is 0.603. The number of nitro groups is 3. The standard InChI is InChI=1S/C63H86N6O23S/c1-4-45-33-47(89-62(88-45)54-29-41(68(79)80)19-24-57(54)74)14-7-13-46-35-51(87-60(86-46)36-65-59(76)15-8-26-64-39-16-21-52(22-17-39)93(83,84)66-38(3)70)32-44(72)10-6-12-49-34-48(90-63(91-49)55-30-42(69(81)82)20-25-58(55)75)11-5-9-43(71)31-50-27-37(2)85-61(92-50)53-28-40(67(77)78)18-23-56(53)73/h16-25,28-30,37,43-51,59-65,71-76H,4-15,26-27,31-36H2,1-3H3,(H,66,70)/t37-,43?,44?,45?,46?,47?,48?,49?,50?,51?,59?,60?,61?,62?,63?/m0/s1. The van der Waals surface area contributed by atoms with E-state index in [0.717, 1.165) is 6.92 Å². The summed E-state index contributed by atoms with van der Waals surface area (Å²) >= 11 is 0. The lowest BCUT2D eigenvalue weighted by molar-refractivity contribution is -0.385. The zero-order chi connectivity index (χ0) is 66.9. The normalized spacial score (nSPS) is 26.1. The number of benzene rings is 4. The van der Waals surface area contributed by atoms with Crippen LogP contribution in [0.5, 0.6) is 17.2 Å². The molecular formula is C63H86N6O23S. The van der Waals surface area contributed by atoms with Crippen molar-refractivity contribution in [3.05, 3.63) is 126 Å². The maximum atomic E-state index is 12.3. The number of amides is 1. The molecule has 512 valence electrons. The molecule has 4 aromatic carbocycles. The topological polar surface area (TPSA) is 412 Å². The van der Waals surface area contributed by atoms with Crippen LogP contribution in [0.2, 0.25) is 0 Å². The lowest BCUT2D eigenvalue weighted by Gasteiger charge is -2.38. The fourth-order valence-electron chi connectivity index (χ4n) is 12.2. The van der Waals surface area contributed by atoms with Gasteiger partial charge in [-0.3, -0.25) is 40.5 Å². The Kier molecular flexibility index (Phi) is 26.4. The number of nitrogens with one attached hydrogen (secondary N) is 3. The van der Waals surface area contributed by atoms with E-state index in [1.807, 2.05) is 18.6 Å². The molecular weight excluding hydrogens is 1240 g/mol. The molecule has 4 aliphatic rings.